The molecule has 29 heavy (non-hydrogen) atoms. The minimum absolute atomic E-state index is 0.0366. The normalized spacial score (nSPS) is 51.4. The molecule has 4 aliphatic carbocycles. The van der Waals surface area contributed by atoms with Crippen molar-refractivity contribution < 1.29 is 24.2 Å². The summed E-state index contributed by atoms with van der Waals surface area (Å²) in [5, 5.41) is 12.0. The number of aliphatic hydroxyl groups is 1. The Morgan fingerprint density at radius 1 is 0.931 bits per heavy atom. The largest absolute Gasteiger partial charge is 0.462 e. The molecular weight excluding hydrogens is 368 g/mol. The van der Waals surface area contributed by atoms with Crippen LogP contribution in [0.1, 0.15) is 86.0 Å². The van der Waals surface area contributed by atoms with Gasteiger partial charge < -0.3 is 14.6 Å². The molecule has 9 atom stereocenters. The van der Waals surface area contributed by atoms with E-state index < -0.39 is 5.60 Å². The van der Waals surface area contributed by atoms with Crippen molar-refractivity contribution in [2.45, 2.75) is 104 Å². The summed E-state index contributed by atoms with van der Waals surface area (Å²) in [7, 11) is 0. The lowest BCUT2D eigenvalue weighted by Crippen LogP contribution is -2.66. The second kappa shape index (κ2) is 6.96. The first kappa shape index (κ1) is 21.1. The number of hydrogen-bond donors (Lipinski definition) is 1. The molecule has 5 heteroatoms. The maximum absolute atomic E-state index is 12.0. The van der Waals surface area contributed by atoms with Gasteiger partial charge in [-0.3, -0.25) is 9.59 Å². The Morgan fingerprint density at radius 2 is 1.62 bits per heavy atom. The van der Waals surface area contributed by atoms with E-state index in [4.69, 9.17) is 9.47 Å². The molecule has 4 saturated carbocycles. The number of rotatable bonds is 2. The molecule has 4 fully saturated rings. The van der Waals surface area contributed by atoms with E-state index >= 15 is 0 Å². The van der Waals surface area contributed by atoms with Crippen molar-refractivity contribution in [2.24, 2.45) is 34.5 Å². The van der Waals surface area contributed by atoms with Crippen molar-refractivity contribution in [3.05, 3.63) is 0 Å². The van der Waals surface area contributed by atoms with Crippen LogP contribution >= 0.6 is 0 Å². The van der Waals surface area contributed by atoms with Crippen LogP contribution in [0, 0.1) is 34.5 Å². The molecule has 5 nitrogen and oxygen atoms in total. The Morgan fingerprint density at radius 3 is 2.28 bits per heavy atom. The fourth-order valence-electron chi connectivity index (χ4n) is 8.32. The van der Waals surface area contributed by atoms with Gasteiger partial charge in [0.05, 0.1) is 5.60 Å². The van der Waals surface area contributed by atoms with Gasteiger partial charge in [0.1, 0.15) is 12.2 Å². The Hall–Kier alpha value is -1.10. The molecule has 1 N–H and O–H groups in total. The minimum atomic E-state index is -0.784. The van der Waals surface area contributed by atoms with Crippen molar-refractivity contribution in [1.82, 2.24) is 0 Å². The van der Waals surface area contributed by atoms with Gasteiger partial charge in [0.25, 0.3) is 0 Å². The first-order chi connectivity index (χ1) is 13.5. The number of ether oxygens (including phenoxy) is 2. The summed E-state index contributed by atoms with van der Waals surface area (Å²) in [4.78, 5) is 23.1. The molecule has 0 aromatic rings. The van der Waals surface area contributed by atoms with E-state index in [2.05, 4.69) is 20.8 Å². The van der Waals surface area contributed by atoms with Crippen LogP contribution in [0.2, 0.25) is 0 Å². The quantitative estimate of drug-likeness (QED) is 0.694. The highest BCUT2D eigenvalue weighted by atomic mass is 16.5. The van der Waals surface area contributed by atoms with Crippen molar-refractivity contribution >= 4 is 11.9 Å². The molecule has 0 amide bonds. The maximum Gasteiger partial charge on any atom is 0.302 e. The van der Waals surface area contributed by atoms with Gasteiger partial charge in [-0.25, -0.2) is 0 Å². The second-order valence-electron chi connectivity index (χ2n) is 11.0. The van der Waals surface area contributed by atoms with Gasteiger partial charge in [-0.05, 0) is 74.0 Å². The van der Waals surface area contributed by atoms with E-state index in [1.807, 2.05) is 0 Å². The second-order valence-corrected chi connectivity index (χ2v) is 11.0. The fourth-order valence-corrected chi connectivity index (χ4v) is 8.32. The number of carbonyl (C=O) groups is 2. The molecule has 4 aliphatic rings. The predicted octanol–water partition coefficient (Wildman–Crippen LogP) is 4.25. The molecule has 0 saturated heterocycles. The highest BCUT2D eigenvalue weighted by molar-refractivity contribution is 5.66. The molecule has 0 unspecified atom stereocenters. The summed E-state index contributed by atoms with van der Waals surface area (Å²) in [6.07, 6.45) is 7.41. The van der Waals surface area contributed by atoms with E-state index in [0.29, 0.717) is 24.2 Å². The van der Waals surface area contributed by atoms with Crippen LogP contribution in [0.4, 0.5) is 0 Å². The number of carbonyl (C=O) groups excluding carboxylic acids is 2. The molecule has 0 heterocycles. The van der Waals surface area contributed by atoms with Crippen molar-refractivity contribution in [3.8, 4) is 0 Å². The van der Waals surface area contributed by atoms with Crippen LogP contribution in [0.25, 0.3) is 0 Å². The molecule has 0 radical (unpaired) electrons. The smallest absolute Gasteiger partial charge is 0.302 e. The first-order valence-corrected chi connectivity index (χ1v) is 11.6. The molecule has 164 valence electrons. The number of hydrogen-bond acceptors (Lipinski definition) is 5. The molecule has 0 aliphatic heterocycles. The summed E-state index contributed by atoms with van der Waals surface area (Å²) in [5.41, 5.74) is -0.867. The van der Waals surface area contributed by atoms with Gasteiger partial charge in [-0.15, -0.1) is 0 Å². The summed E-state index contributed by atoms with van der Waals surface area (Å²) < 4.78 is 11.3. The van der Waals surface area contributed by atoms with E-state index in [1.54, 1.807) is 0 Å². The summed E-state index contributed by atoms with van der Waals surface area (Å²) in [6.45, 7) is 9.80. The topological polar surface area (TPSA) is 72.8 Å². The van der Waals surface area contributed by atoms with E-state index in [0.717, 1.165) is 44.9 Å². The number of esters is 2. The Kier molecular flexibility index (Phi) is 5.08. The zero-order chi connectivity index (χ0) is 21.2. The maximum atomic E-state index is 12.0. The lowest BCUT2D eigenvalue weighted by atomic mass is 9.41. The summed E-state index contributed by atoms with van der Waals surface area (Å²) in [5.74, 6) is 1.36. The molecule has 4 rings (SSSR count). The Labute approximate surface area is 174 Å². The van der Waals surface area contributed by atoms with Crippen LogP contribution < -0.4 is 0 Å². The van der Waals surface area contributed by atoms with Gasteiger partial charge in [0, 0.05) is 25.7 Å². The molecule has 0 bridgehead atoms. The van der Waals surface area contributed by atoms with E-state index in [1.165, 1.54) is 13.8 Å². The zero-order valence-electron chi connectivity index (χ0n) is 18.7. The molecule has 0 aromatic heterocycles. The van der Waals surface area contributed by atoms with E-state index in [9.17, 15) is 14.7 Å². The van der Waals surface area contributed by atoms with Crippen molar-refractivity contribution in [1.29, 1.82) is 0 Å². The van der Waals surface area contributed by atoms with Crippen LogP contribution in [0.5, 0.6) is 0 Å². The third-order valence-corrected chi connectivity index (χ3v) is 9.76. The molecular formula is C24H38O5. The summed E-state index contributed by atoms with van der Waals surface area (Å²) >= 11 is 0. The van der Waals surface area contributed by atoms with Crippen molar-refractivity contribution in [3.63, 3.8) is 0 Å². The predicted molar refractivity (Wildman–Crippen MR) is 109 cm³/mol. The summed E-state index contributed by atoms with van der Waals surface area (Å²) in [6, 6.07) is 0. The van der Waals surface area contributed by atoms with Gasteiger partial charge in [-0.2, -0.15) is 0 Å². The Bertz CT molecular complexity index is 691. The van der Waals surface area contributed by atoms with Crippen LogP contribution in [-0.4, -0.2) is 34.9 Å². The first-order valence-electron chi connectivity index (χ1n) is 11.6. The van der Waals surface area contributed by atoms with Crippen molar-refractivity contribution in [2.75, 3.05) is 0 Å². The lowest BCUT2D eigenvalue weighted by Gasteiger charge is -2.66. The Balaban J connectivity index is 1.60. The van der Waals surface area contributed by atoms with Crippen LogP contribution in [0.15, 0.2) is 0 Å². The SMILES string of the molecule is CC(=O)O[C@H]1CC[C@]2(C)[C@H]3CC[C@]4(C)[C@@H](OC(C)=O)CC[C@H]4[C@@H]3C[C@@H](C)[C@@]2(O)C1. The van der Waals surface area contributed by atoms with Gasteiger partial charge in [0.2, 0.25) is 0 Å². The minimum Gasteiger partial charge on any atom is -0.462 e. The van der Waals surface area contributed by atoms with Crippen LogP contribution in [-0.2, 0) is 19.1 Å². The van der Waals surface area contributed by atoms with Crippen LogP contribution in [0.3, 0.4) is 0 Å². The standard InChI is InChI=1S/C24H38O5/c1-14-12-18-19-6-7-21(29-16(3)26)22(19,4)10-9-20(18)23(5)11-8-17(28-15(2)25)13-24(14,23)27/h14,17-21,27H,6-13H2,1-5H3/t14-,17+,18+,19+,20+,21+,22+,23-,24+/m1/s1. The monoisotopic (exact) mass is 406 g/mol. The third kappa shape index (κ3) is 3.05. The average Bonchev–Trinajstić information content (AvgIpc) is 2.93. The number of fused-ring (bicyclic) bond motifs is 5. The van der Waals surface area contributed by atoms with Gasteiger partial charge in [0.15, 0.2) is 0 Å². The van der Waals surface area contributed by atoms with Gasteiger partial charge >= 0.3 is 11.9 Å². The fraction of sp³-hybridized carbons (Fsp3) is 0.917. The molecule has 0 aromatic carbocycles. The van der Waals surface area contributed by atoms with E-state index in [-0.39, 0.29) is 40.9 Å². The molecule has 0 spiro atoms. The lowest BCUT2D eigenvalue weighted by molar-refractivity contribution is -0.247. The van der Waals surface area contributed by atoms with Gasteiger partial charge in [-0.1, -0.05) is 20.8 Å². The highest BCUT2D eigenvalue weighted by Gasteiger charge is 2.67. The highest BCUT2D eigenvalue weighted by Crippen LogP contribution is 2.68. The zero-order valence-corrected chi connectivity index (χ0v) is 18.7. The third-order valence-electron chi connectivity index (χ3n) is 9.76. The average molecular weight is 407 g/mol.